The number of hydrogen-bond acceptors (Lipinski definition) is 3. The summed E-state index contributed by atoms with van der Waals surface area (Å²) in [5, 5.41) is 13.4. The zero-order valence-corrected chi connectivity index (χ0v) is 14.2. The Morgan fingerprint density at radius 3 is 2.52 bits per heavy atom. The van der Waals surface area contributed by atoms with Crippen LogP contribution in [0.25, 0.3) is 0 Å². The van der Waals surface area contributed by atoms with Crippen LogP contribution < -0.4 is 5.32 Å². The van der Waals surface area contributed by atoms with Crippen LogP contribution in [0.4, 0.5) is 11.4 Å². The Hall–Kier alpha value is -1.44. The molecule has 108 valence electrons. The molecule has 0 aliphatic heterocycles. The lowest BCUT2D eigenvalue weighted by Crippen LogP contribution is -2.13. The van der Waals surface area contributed by atoms with Crippen LogP contribution in [0.3, 0.4) is 0 Å². The van der Waals surface area contributed by atoms with E-state index >= 15 is 0 Å². The average Bonchev–Trinajstić information content (AvgIpc) is 2.43. The van der Waals surface area contributed by atoms with Gasteiger partial charge in [0.05, 0.1) is 21.2 Å². The van der Waals surface area contributed by atoms with Gasteiger partial charge in [-0.2, -0.15) is 0 Å². The molecule has 0 fully saturated rings. The van der Waals surface area contributed by atoms with Gasteiger partial charge in [0.15, 0.2) is 0 Å². The third-order valence-corrected chi connectivity index (χ3v) is 4.08. The number of halogens is 3. The second-order valence-electron chi connectivity index (χ2n) is 4.00. The first-order valence-corrected chi connectivity index (χ1v) is 7.55. The molecule has 1 amide bonds. The maximum absolute atomic E-state index is 12.2. The lowest BCUT2D eigenvalue weighted by atomic mass is 10.2. The molecule has 8 heteroatoms. The van der Waals surface area contributed by atoms with Crippen LogP contribution >= 0.6 is 43.5 Å². The molecule has 1 N–H and O–H groups in total. The summed E-state index contributed by atoms with van der Waals surface area (Å²) in [6.45, 7) is 0. The van der Waals surface area contributed by atoms with E-state index in [0.29, 0.717) is 15.7 Å². The quantitative estimate of drug-likeness (QED) is 0.544. The predicted molar refractivity (Wildman–Crippen MR) is 87.9 cm³/mol. The van der Waals surface area contributed by atoms with Crippen LogP contribution in [0.1, 0.15) is 10.4 Å². The molecule has 0 atom stereocenters. The number of nitrogens with one attached hydrogen (secondary N) is 1. The fourth-order valence-electron chi connectivity index (χ4n) is 1.58. The molecule has 2 rings (SSSR count). The summed E-state index contributed by atoms with van der Waals surface area (Å²) >= 11 is 12.5. The smallest absolute Gasteiger partial charge is 0.271 e. The average molecular weight is 434 g/mol. The largest absolute Gasteiger partial charge is 0.321 e. The van der Waals surface area contributed by atoms with Crippen molar-refractivity contribution < 1.29 is 9.72 Å². The highest BCUT2D eigenvalue weighted by Crippen LogP contribution is 2.28. The minimum absolute atomic E-state index is 0.101. The maximum Gasteiger partial charge on any atom is 0.271 e. The van der Waals surface area contributed by atoms with Gasteiger partial charge in [0.2, 0.25) is 0 Å². The van der Waals surface area contributed by atoms with E-state index < -0.39 is 4.92 Å². The van der Waals surface area contributed by atoms with Crippen molar-refractivity contribution in [2.45, 2.75) is 0 Å². The Balaban J connectivity index is 2.27. The number of rotatable bonds is 3. The molecule has 0 spiro atoms. The van der Waals surface area contributed by atoms with Gasteiger partial charge in [-0.3, -0.25) is 14.9 Å². The number of anilines is 1. The van der Waals surface area contributed by atoms with Crippen molar-refractivity contribution in [2.24, 2.45) is 0 Å². The Labute approximate surface area is 141 Å². The monoisotopic (exact) mass is 432 g/mol. The Morgan fingerprint density at radius 1 is 1.19 bits per heavy atom. The molecule has 21 heavy (non-hydrogen) atoms. The molecule has 0 saturated carbocycles. The number of amides is 1. The molecule has 5 nitrogen and oxygen atoms in total. The standard InChI is InChI=1S/C13H7Br2ClN2O3/c14-7-1-3-10(15)9(5-7)13(19)17-12-4-2-8(18(20)21)6-11(12)16/h1-6H,(H,17,19). The number of nitro benzene ring substituents is 1. The Kier molecular flexibility index (Phi) is 4.97. The van der Waals surface area contributed by atoms with Gasteiger partial charge in [0, 0.05) is 21.1 Å². The van der Waals surface area contributed by atoms with E-state index in [9.17, 15) is 14.9 Å². The zero-order valence-electron chi connectivity index (χ0n) is 10.3. The van der Waals surface area contributed by atoms with E-state index in [0.717, 1.165) is 4.47 Å². The van der Waals surface area contributed by atoms with E-state index in [1.165, 1.54) is 18.2 Å². The van der Waals surface area contributed by atoms with Crippen molar-refractivity contribution in [3.05, 3.63) is 66.0 Å². The van der Waals surface area contributed by atoms with Gasteiger partial charge in [-0.05, 0) is 40.2 Å². The summed E-state index contributed by atoms with van der Waals surface area (Å²) < 4.78 is 1.38. The molecule has 2 aromatic carbocycles. The van der Waals surface area contributed by atoms with Crippen molar-refractivity contribution in [1.82, 2.24) is 0 Å². The summed E-state index contributed by atoms with van der Waals surface area (Å²) in [5.74, 6) is -0.376. The van der Waals surface area contributed by atoms with E-state index in [-0.39, 0.29) is 16.6 Å². The highest BCUT2D eigenvalue weighted by molar-refractivity contribution is 9.11. The van der Waals surface area contributed by atoms with Gasteiger partial charge >= 0.3 is 0 Å². The number of nitro groups is 1. The third kappa shape index (κ3) is 3.81. The second kappa shape index (κ2) is 6.55. The van der Waals surface area contributed by atoms with Gasteiger partial charge in [-0.25, -0.2) is 0 Å². The van der Waals surface area contributed by atoms with Gasteiger partial charge < -0.3 is 5.32 Å². The highest BCUT2D eigenvalue weighted by atomic mass is 79.9. The van der Waals surface area contributed by atoms with Gasteiger partial charge in [0.25, 0.3) is 11.6 Å². The molecule has 0 aromatic heterocycles. The van der Waals surface area contributed by atoms with Crippen LogP contribution in [0.2, 0.25) is 5.02 Å². The number of benzene rings is 2. The van der Waals surface area contributed by atoms with Crippen molar-refractivity contribution in [3.63, 3.8) is 0 Å². The number of carbonyl (C=O) groups excluding carboxylic acids is 1. The zero-order chi connectivity index (χ0) is 15.6. The topological polar surface area (TPSA) is 72.2 Å². The lowest BCUT2D eigenvalue weighted by molar-refractivity contribution is -0.384. The van der Waals surface area contributed by atoms with Gasteiger partial charge in [-0.1, -0.05) is 27.5 Å². The van der Waals surface area contributed by atoms with E-state index in [4.69, 9.17) is 11.6 Å². The lowest BCUT2D eigenvalue weighted by Gasteiger charge is -2.09. The van der Waals surface area contributed by atoms with Crippen molar-refractivity contribution in [2.75, 3.05) is 5.32 Å². The second-order valence-corrected chi connectivity index (χ2v) is 6.18. The number of hydrogen-bond donors (Lipinski definition) is 1. The first-order chi connectivity index (χ1) is 9.88. The maximum atomic E-state index is 12.2. The van der Waals surface area contributed by atoms with Gasteiger partial charge in [0.1, 0.15) is 0 Å². The fourth-order valence-corrected chi connectivity index (χ4v) is 2.59. The molecule has 0 unspecified atom stereocenters. The van der Waals surface area contributed by atoms with Crippen molar-refractivity contribution in [3.8, 4) is 0 Å². The Bertz CT molecular complexity index is 737. The first-order valence-electron chi connectivity index (χ1n) is 5.59. The van der Waals surface area contributed by atoms with Crippen molar-refractivity contribution in [1.29, 1.82) is 0 Å². The molecule has 0 radical (unpaired) electrons. The number of carbonyl (C=O) groups is 1. The normalized spacial score (nSPS) is 10.2. The molecule has 2 aromatic rings. The first kappa shape index (κ1) is 15.9. The predicted octanol–water partition coefficient (Wildman–Crippen LogP) is 5.03. The number of non-ortho nitro benzene ring substituents is 1. The van der Waals surface area contributed by atoms with E-state index in [1.54, 1.807) is 18.2 Å². The molecule has 0 aliphatic rings. The minimum Gasteiger partial charge on any atom is -0.321 e. The molecule has 0 aliphatic carbocycles. The summed E-state index contributed by atoms with van der Waals surface area (Å²) in [4.78, 5) is 22.3. The summed E-state index contributed by atoms with van der Waals surface area (Å²) in [7, 11) is 0. The van der Waals surface area contributed by atoms with Crippen LogP contribution in [0.5, 0.6) is 0 Å². The molecule has 0 heterocycles. The highest BCUT2D eigenvalue weighted by Gasteiger charge is 2.14. The van der Waals surface area contributed by atoms with Crippen LogP contribution in [0, 0.1) is 10.1 Å². The van der Waals surface area contributed by atoms with Crippen LogP contribution in [0.15, 0.2) is 45.3 Å². The molecule has 0 bridgehead atoms. The molecule has 0 saturated heterocycles. The summed E-state index contributed by atoms with van der Waals surface area (Å²) in [5.41, 5.74) is 0.583. The van der Waals surface area contributed by atoms with Crippen LogP contribution in [-0.2, 0) is 0 Å². The van der Waals surface area contributed by atoms with Crippen molar-refractivity contribution >= 4 is 60.7 Å². The Morgan fingerprint density at radius 2 is 1.90 bits per heavy atom. The number of nitrogens with zero attached hydrogens (tertiary/aromatic N) is 1. The molecular weight excluding hydrogens is 427 g/mol. The van der Waals surface area contributed by atoms with E-state index in [1.807, 2.05) is 0 Å². The van der Waals surface area contributed by atoms with Crippen LogP contribution in [-0.4, -0.2) is 10.8 Å². The summed E-state index contributed by atoms with van der Waals surface area (Å²) in [6.07, 6.45) is 0. The SMILES string of the molecule is O=C(Nc1ccc([N+](=O)[O-])cc1Cl)c1cc(Br)ccc1Br. The third-order valence-electron chi connectivity index (χ3n) is 2.58. The minimum atomic E-state index is -0.553. The molecular formula is C13H7Br2ClN2O3. The van der Waals surface area contributed by atoms with Gasteiger partial charge in [-0.15, -0.1) is 0 Å². The fraction of sp³-hybridized carbons (Fsp3) is 0. The van der Waals surface area contributed by atoms with E-state index in [2.05, 4.69) is 37.2 Å². The summed E-state index contributed by atoms with van der Waals surface area (Å²) in [6, 6.07) is 9.03.